The molecule has 4 nitrogen and oxygen atoms in total. The molecule has 0 aliphatic carbocycles. The number of nitrogens with one attached hydrogen (secondary N) is 1. The molecule has 0 spiro atoms. The Labute approximate surface area is 119 Å². The zero-order valence-corrected chi connectivity index (χ0v) is 12.6. The van der Waals surface area contributed by atoms with E-state index in [2.05, 4.69) is 4.72 Å². The van der Waals surface area contributed by atoms with Crippen LogP contribution in [0.15, 0.2) is 41.3 Å². The molecule has 2 aromatic rings. The van der Waals surface area contributed by atoms with Crippen molar-refractivity contribution in [2.75, 3.05) is 10.5 Å². The highest BCUT2D eigenvalue weighted by Crippen LogP contribution is 2.22. The van der Waals surface area contributed by atoms with Gasteiger partial charge in [-0.15, -0.1) is 0 Å². The summed E-state index contributed by atoms with van der Waals surface area (Å²) in [6.07, 6.45) is 0. The molecule has 0 aliphatic rings. The van der Waals surface area contributed by atoms with E-state index in [1.165, 1.54) is 0 Å². The normalized spacial score (nSPS) is 11.3. The van der Waals surface area contributed by atoms with Gasteiger partial charge in [0.15, 0.2) is 0 Å². The third-order valence-corrected chi connectivity index (χ3v) is 4.68. The van der Waals surface area contributed by atoms with Crippen LogP contribution in [0.25, 0.3) is 0 Å². The molecule has 0 saturated heterocycles. The molecule has 0 saturated carbocycles. The van der Waals surface area contributed by atoms with Crippen molar-refractivity contribution in [1.29, 1.82) is 0 Å². The topological polar surface area (TPSA) is 72.2 Å². The average Bonchev–Trinajstić information content (AvgIpc) is 2.36. The van der Waals surface area contributed by atoms with Crippen molar-refractivity contribution >= 4 is 21.4 Å². The molecule has 0 unspecified atom stereocenters. The summed E-state index contributed by atoms with van der Waals surface area (Å²) in [4.78, 5) is 0.298. The van der Waals surface area contributed by atoms with E-state index < -0.39 is 10.0 Å². The highest BCUT2D eigenvalue weighted by Gasteiger charge is 2.17. The van der Waals surface area contributed by atoms with Gasteiger partial charge in [0.2, 0.25) is 0 Å². The number of nitrogens with two attached hydrogens (primary N) is 1. The summed E-state index contributed by atoms with van der Waals surface area (Å²) in [7, 11) is -3.59. The van der Waals surface area contributed by atoms with Gasteiger partial charge in [0, 0.05) is 11.4 Å². The predicted molar refractivity (Wildman–Crippen MR) is 82.3 cm³/mol. The third kappa shape index (κ3) is 2.93. The molecule has 2 rings (SSSR count). The van der Waals surface area contributed by atoms with Crippen LogP contribution in [0.5, 0.6) is 0 Å². The van der Waals surface area contributed by atoms with Crippen LogP contribution in [0, 0.1) is 20.8 Å². The molecule has 0 aromatic heterocycles. The number of anilines is 2. The summed E-state index contributed by atoms with van der Waals surface area (Å²) in [6.45, 7) is 5.49. The van der Waals surface area contributed by atoms with Gasteiger partial charge in [-0.3, -0.25) is 4.72 Å². The van der Waals surface area contributed by atoms with Crippen LogP contribution >= 0.6 is 0 Å². The lowest BCUT2D eigenvalue weighted by Crippen LogP contribution is -2.14. The van der Waals surface area contributed by atoms with Crippen molar-refractivity contribution in [2.45, 2.75) is 25.7 Å². The van der Waals surface area contributed by atoms with E-state index >= 15 is 0 Å². The lowest BCUT2D eigenvalue weighted by Gasteiger charge is -2.12. The lowest BCUT2D eigenvalue weighted by atomic mass is 10.2. The van der Waals surface area contributed by atoms with Gasteiger partial charge in [0.1, 0.15) is 0 Å². The van der Waals surface area contributed by atoms with E-state index in [0.717, 1.165) is 16.7 Å². The summed E-state index contributed by atoms with van der Waals surface area (Å²) >= 11 is 0. The Morgan fingerprint density at radius 3 is 2.30 bits per heavy atom. The Morgan fingerprint density at radius 1 is 0.950 bits per heavy atom. The van der Waals surface area contributed by atoms with Gasteiger partial charge in [-0.25, -0.2) is 8.42 Å². The van der Waals surface area contributed by atoms with Crippen molar-refractivity contribution in [3.63, 3.8) is 0 Å². The quantitative estimate of drug-likeness (QED) is 0.854. The summed E-state index contributed by atoms with van der Waals surface area (Å²) < 4.78 is 27.4. The van der Waals surface area contributed by atoms with Crippen LogP contribution in [-0.4, -0.2) is 8.42 Å². The summed E-state index contributed by atoms with van der Waals surface area (Å²) in [5.74, 6) is 0. The molecule has 0 atom stereocenters. The summed E-state index contributed by atoms with van der Waals surface area (Å²) in [5, 5.41) is 0. The number of benzene rings is 2. The Balaban J connectivity index is 2.40. The van der Waals surface area contributed by atoms with Crippen LogP contribution in [-0.2, 0) is 10.0 Å². The zero-order chi connectivity index (χ0) is 14.9. The molecule has 2 aromatic carbocycles. The predicted octanol–water partition coefficient (Wildman–Crippen LogP) is 2.99. The van der Waals surface area contributed by atoms with Crippen molar-refractivity contribution in [3.05, 3.63) is 53.1 Å². The van der Waals surface area contributed by atoms with Gasteiger partial charge in [0.05, 0.1) is 4.90 Å². The van der Waals surface area contributed by atoms with E-state index in [0.29, 0.717) is 16.3 Å². The second-order valence-corrected chi connectivity index (χ2v) is 6.60. The second-order valence-electron chi connectivity index (χ2n) is 4.95. The maximum atomic E-state index is 12.4. The highest BCUT2D eigenvalue weighted by molar-refractivity contribution is 7.92. The maximum Gasteiger partial charge on any atom is 0.262 e. The van der Waals surface area contributed by atoms with Crippen LogP contribution < -0.4 is 10.5 Å². The van der Waals surface area contributed by atoms with Crippen LogP contribution in [0.2, 0.25) is 0 Å². The van der Waals surface area contributed by atoms with Crippen LogP contribution in [0.3, 0.4) is 0 Å². The molecule has 20 heavy (non-hydrogen) atoms. The Kier molecular flexibility index (Phi) is 3.72. The van der Waals surface area contributed by atoms with Gasteiger partial charge in [0.25, 0.3) is 10.0 Å². The number of sulfonamides is 1. The van der Waals surface area contributed by atoms with Crippen molar-refractivity contribution in [2.24, 2.45) is 0 Å². The van der Waals surface area contributed by atoms with Crippen molar-refractivity contribution < 1.29 is 8.42 Å². The van der Waals surface area contributed by atoms with E-state index in [-0.39, 0.29) is 0 Å². The first-order chi connectivity index (χ1) is 9.29. The molecular formula is C15H18N2O2S. The van der Waals surface area contributed by atoms with Crippen molar-refractivity contribution in [1.82, 2.24) is 0 Å². The second kappa shape index (κ2) is 5.17. The molecule has 5 heteroatoms. The highest BCUT2D eigenvalue weighted by atomic mass is 32.2. The van der Waals surface area contributed by atoms with E-state index in [1.807, 2.05) is 19.9 Å². The number of hydrogen-bond donors (Lipinski definition) is 2. The minimum absolute atomic E-state index is 0.298. The molecule has 0 amide bonds. The largest absolute Gasteiger partial charge is 0.399 e. The van der Waals surface area contributed by atoms with Gasteiger partial charge < -0.3 is 5.73 Å². The molecule has 106 valence electrons. The molecule has 0 aliphatic heterocycles. The average molecular weight is 290 g/mol. The van der Waals surface area contributed by atoms with Gasteiger partial charge in [-0.05, 0) is 61.7 Å². The first-order valence-electron chi connectivity index (χ1n) is 6.26. The van der Waals surface area contributed by atoms with Gasteiger partial charge in [-0.2, -0.15) is 0 Å². The fourth-order valence-electron chi connectivity index (χ4n) is 1.95. The first kappa shape index (κ1) is 14.4. The molecule has 0 fully saturated rings. The molecule has 0 radical (unpaired) electrons. The Bertz CT molecular complexity index is 752. The molecule has 3 N–H and O–H groups in total. The zero-order valence-electron chi connectivity index (χ0n) is 11.8. The van der Waals surface area contributed by atoms with E-state index in [9.17, 15) is 8.42 Å². The lowest BCUT2D eigenvalue weighted by molar-refractivity contribution is 0.600. The van der Waals surface area contributed by atoms with E-state index in [1.54, 1.807) is 37.3 Å². The van der Waals surface area contributed by atoms with Gasteiger partial charge >= 0.3 is 0 Å². The Morgan fingerprint density at radius 2 is 1.65 bits per heavy atom. The van der Waals surface area contributed by atoms with Gasteiger partial charge in [-0.1, -0.05) is 12.1 Å². The smallest absolute Gasteiger partial charge is 0.262 e. The fourth-order valence-corrected chi connectivity index (χ4v) is 3.33. The maximum absolute atomic E-state index is 12.4. The van der Waals surface area contributed by atoms with Crippen LogP contribution in [0.1, 0.15) is 16.7 Å². The third-order valence-electron chi connectivity index (χ3n) is 3.16. The first-order valence-corrected chi connectivity index (χ1v) is 7.74. The summed E-state index contributed by atoms with van der Waals surface area (Å²) in [5.41, 5.74) is 9.34. The van der Waals surface area contributed by atoms with Crippen molar-refractivity contribution in [3.8, 4) is 0 Å². The van der Waals surface area contributed by atoms with Crippen LogP contribution in [0.4, 0.5) is 11.4 Å². The standard InChI is InChI=1S/C15H18N2O2S/c1-10-4-5-11(2)15(8-10)20(18,19)17-13-6-7-14(16)12(3)9-13/h4-9,17H,16H2,1-3H3. The molecule has 0 heterocycles. The molecule has 0 bridgehead atoms. The minimum Gasteiger partial charge on any atom is -0.399 e. The minimum atomic E-state index is -3.59. The monoisotopic (exact) mass is 290 g/mol. The number of aryl methyl sites for hydroxylation is 3. The number of nitrogen functional groups attached to an aromatic ring is 1. The molecular weight excluding hydrogens is 272 g/mol. The SMILES string of the molecule is Cc1ccc(C)c(S(=O)(=O)Nc2ccc(N)c(C)c2)c1. The number of hydrogen-bond acceptors (Lipinski definition) is 3. The fraction of sp³-hybridized carbons (Fsp3) is 0.200. The Hall–Kier alpha value is -2.01. The summed E-state index contributed by atoms with van der Waals surface area (Å²) in [6, 6.07) is 10.4. The van der Waals surface area contributed by atoms with E-state index in [4.69, 9.17) is 5.73 Å². The number of rotatable bonds is 3.